The highest BCUT2D eigenvalue weighted by Gasteiger charge is 2.59. The van der Waals surface area contributed by atoms with Gasteiger partial charge in [0.15, 0.2) is 16.6 Å². The fourth-order valence-electron chi connectivity index (χ4n) is 7.88. The molecule has 7 rings (SSSR count). The van der Waals surface area contributed by atoms with Crippen LogP contribution in [0.4, 0.5) is 9.93 Å². The molecule has 4 heterocycles. The normalized spacial score (nSPS) is 27.3. The molecule has 2 saturated carbocycles. The van der Waals surface area contributed by atoms with Gasteiger partial charge in [-0.25, -0.2) is 19.7 Å². The van der Waals surface area contributed by atoms with Crippen molar-refractivity contribution in [2.24, 2.45) is 5.92 Å². The third kappa shape index (κ3) is 8.32. The number of urea groups is 1. The summed E-state index contributed by atoms with van der Waals surface area (Å²) in [6.45, 7) is 5.68. The summed E-state index contributed by atoms with van der Waals surface area (Å²) in [6.07, 6.45) is 12.0. The Morgan fingerprint density at radius 1 is 1.00 bits per heavy atom. The van der Waals surface area contributed by atoms with Crippen LogP contribution in [-0.2, 0) is 14.4 Å². The number of hydrogen-bond acceptors (Lipinski definition) is 10. The Balaban J connectivity index is 1.19. The number of nitrogens with zero attached hydrogens (tertiary/aromatic N) is 4. The number of aromatic nitrogens is 3. The fourth-order valence-corrected chi connectivity index (χ4v) is 8.72. The Kier molecular flexibility index (Phi) is 11.0. The number of hydrogen-bond donors (Lipinski definition) is 4. The molecule has 2 aromatic heterocycles. The number of anilines is 1. The molecule has 0 radical (unpaired) electrons. The van der Waals surface area contributed by atoms with Gasteiger partial charge in [-0.05, 0) is 71.4 Å². The molecule has 14 heteroatoms. The van der Waals surface area contributed by atoms with Gasteiger partial charge in [-0.1, -0.05) is 50.0 Å². The average Bonchev–Trinajstić information content (AvgIpc) is 3.55. The summed E-state index contributed by atoms with van der Waals surface area (Å²) in [5.74, 6) is -0.702. The van der Waals surface area contributed by atoms with E-state index in [1.807, 2.05) is 49.6 Å². The topological polar surface area (TPSA) is 168 Å². The van der Waals surface area contributed by atoms with Crippen LogP contribution < -0.4 is 26.0 Å². The van der Waals surface area contributed by atoms with Crippen molar-refractivity contribution >= 4 is 51.1 Å². The summed E-state index contributed by atoms with van der Waals surface area (Å²) in [6, 6.07) is 5.66. The zero-order valence-corrected chi connectivity index (χ0v) is 31.5. The van der Waals surface area contributed by atoms with E-state index >= 15 is 0 Å². The minimum atomic E-state index is -0.996. The first-order valence-electron chi connectivity index (χ1n) is 19.1. The number of ether oxygens (including phenoxy) is 1. The number of amides is 4. The zero-order valence-electron chi connectivity index (χ0n) is 30.7. The summed E-state index contributed by atoms with van der Waals surface area (Å²) in [5.41, 5.74) is 1.38. The van der Waals surface area contributed by atoms with Crippen molar-refractivity contribution < 1.29 is 23.9 Å². The maximum atomic E-state index is 14.6. The highest BCUT2D eigenvalue weighted by molar-refractivity contribution is 7.14. The second-order valence-corrected chi connectivity index (χ2v) is 16.1. The summed E-state index contributed by atoms with van der Waals surface area (Å²) < 4.78 is 6.63. The number of benzene rings is 1. The van der Waals surface area contributed by atoms with Crippen LogP contribution >= 0.6 is 11.3 Å². The van der Waals surface area contributed by atoms with E-state index in [4.69, 9.17) is 19.7 Å². The third-order valence-electron chi connectivity index (χ3n) is 10.8. The van der Waals surface area contributed by atoms with E-state index in [1.54, 1.807) is 0 Å². The average molecular weight is 743 g/mol. The number of carbonyl (C=O) groups excluding carboxylic acids is 4. The molecule has 2 aliphatic carbocycles. The molecule has 13 nitrogen and oxygen atoms in total. The highest BCUT2D eigenvalue weighted by atomic mass is 32.1. The van der Waals surface area contributed by atoms with E-state index in [0.29, 0.717) is 35.3 Å². The monoisotopic (exact) mass is 742 g/mol. The number of Topliss-reactive ketones (excluding diaryl/α,β-unsaturated/α-hetero) is 1. The van der Waals surface area contributed by atoms with E-state index in [1.165, 1.54) is 23.2 Å². The number of fused-ring (bicyclic) bond motifs is 3. The highest BCUT2D eigenvalue weighted by Crippen LogP contribution is 2.46. The minimum Gasteiger partial charge on any atom is -0.471 e. The first-order chi connectivity index (χ1) is 25.6. The van der Waals surface area contributed by atoms with Gasteiger partial charge >= 0.3 is 6.03 Å². The van der Waals surface area contributed by atoms with Gasteiger partial charge in [0.2, 0.25) is 17.7 Å². The predicted octanol–water partition coefficient (Wildman–Crippen LogP) is 5.52. The smallest absolute Gasteiger partial charge is 0.315 e. The zero-order chi connectivity index (χ0) is 37.1. The van der Waals surface area contributed by atoms with Crippen LogP contribution in [0.25, 0.3) is 22.4 Å². The molecule has 2 aliphatic heterocycles. The van der Waals surface area contributed by atoms with Crippen molar-refractivity contribution in [1.29, 1.82) is 0 Å². The Morgan fingerprint density at radius 3 is 2.51 bits per heavy atom. The molecule has 1 aromatic carbocycles. The lowest BCUT2D eigenvalue weighted by atomic mass is 10.0. The molecule has 1 unspecified atom stereocenters. The van der Waals surface area contributed by atoms with Crippen molar-refractivity contribution in [2.75, 3.05) is 11.9 Å². The van der Waals surface area contributed by atoms with Gasteiger partial charge in [0.1, 0.15) is 29.4 Å². The van der Waals surface area contributed by atoms with Gasteiger partial charge in [-0.2, -0.15) is 0 Å². The Hall–Kier alpha value is -4.59. The fraction of sp³-hybridized carbons (Fsp3) is 0.564. The molecule has 0 bridgehead atoms. The van der Waals surface area contributed by atoms with Crippen LogP contribution in [0.2, 0.25) is 0 Å². The van der Waals surface area contributed by atoms with Crippen LogP contribution in [0, 0.1) is 5.92 Å². The van der Waals surface area contributed by atoms with Gasteiger partial charge in [0.05, 0.1) is 17.6 Å². The molecular weight excluding hydrogens is 693 g/mol. The number of para-hydroxylation sites is 2. The van der Waals surface area contributed by atoms with Gasteiger partial charge in [-0.3, -0.25) is 14.4 Å². The molecule has 0 spiro atoms. The molecule has 4 aliphatic rings. The van der Waals surface area contributed by atoms with Crippen LogP contribution in [-0.4, -0.2) is 85.8 Å². The van der Waals surface area contributed by atoms with Crippen LogP contribution in [0.5, 0.6) is 5.88 Å². The SMILES string of the molecule is CC(=O)[C@@]12C[C@H]1/C=C\CCCCC[C@H](NC(=O)NC1CCCC1)C(=O)N1CC(Oc3nc4ccccc4nc3-c3csc(NC(C)C)n3)C[C@H]1C(=O)N2. The summed E-state index contributed by atoms with van der Waals surface area (Å²) >= 11 is 1.46. The number of thiazole rings is 1. The van der Waals surface area contributed by atoms with E-state index in [0.717, 1.165) is 56.5 Å². The first-order valence-corrected chi connectivity index (χ1v) is 20.0. The molecule has 53 heavy (non-hydrogen) atoms. The van der Waals surface area contributed by atoms with Gasteiger partial charge in [0, 0.05) is 29.8 Å². The minimum absolute atomic E-state index is 0.0842. The van der Waals surface area contributed by atoms with Crippen LogP contribution in [0.15, 0.2) is 41.8 Å². The molecule has 1 saturated heterocycles. The Labute approximate surface area is 314 Å². The quantitative estimate of drug-likeness (QED) is 0.218. The molecule has 4 N–H and O–H groups in total. The molecule has 282 valence electrons. The van der Waals surface area contributed by atoms with Crippen molar-refractivity contribution in [3.05, 3.63) is 41.8 Å². The van der Waals surface area contributed by atoms with E-state index in [-0.39, 0.29) is 54.6 Å². The Bertz CT molecular complexity index is 1870. The number of nitrogens with one attached hydrogen (secondary N) is 4. The standard InChI is InChI=1S/C39H50N8O5S/c1-23(2)40-38-45-31(22-53-38)33-35(43-29-17-12-11-16-28(29)42-33)52-27-19-32-34(49)46-39(24(3)48)20-25(39)13-7-5-4-6-8-18-30(36(50)47(32)21-27)44-37(51)41-26-14-9-10-15-26/h7,11-13,16-17,22-23,25-27,30,32H,4-6,8-10,14-15,18-21H2,1-3H3,(H,40,45)(H,46,49)(H2,41,44,51)/b13-7-/t25-,27?,30+,32+,39+/m1/s1. The van der Waals surface area contributed by atoms with Gasteiger partial charge in [0.25, 0.3) is 0 Å². The maximum absolute atomic E-state index is 14.6. The van der Waals surface area contributed by atoms with Crippen LogP contribution in [0.3, 0.4) is 0 Å². The van der Waals surface area contributed by atoms with Crippen molar-refractivity contribution in [3.63, 3.8) is 0 Å². The molecule has 3 aromatic rings. The lowest BCUT2D eigenvalue weighted by molar-refractivity contribution is -0.141. The largest absolute Gasteiger partial charge is 0.471 e. The number of carbonyl (C=O) groups is 4. The van der Waals surface area contributed by atoms with Crippen molar-refractivity contribution in [1.82, 2.24) is 35.8 Å². The number of ketones is 1. The number of rotatable bonds is 8. The van der Waals surface area contributed by atoms with Crippen molar-refractivity contribution in [3.8, 4) is 17.3 Å². The molecule has 5 atom stereocenters. The number of allylic oxidation sites excluding steroid dienone is 1. The van der Waals surface area contributed by atoms with Gasteiger partial charge < -0.3 is 30.9 Å². The van der Waals surface area contributed by atoms with E-state index < -0.39 is 29.6 Å². The first kappa shape index (κ1) is 36.8. The Morgan fingerprint density at radius 2 is 1.75 bits per heavy atom. The van der Waals surface area contributed by atoms with E-state index in [2.05, 4.69) is 27.3 Å². The maximum Gasteiger partial charge on any atom is 0.315 e. The van der Waals surface area contributed by atoms with Gasteiger partial charge in [-0.15, -0.1) is 11.3 Å². The van der Waals surface area contributed by atoms with E-state index in [9.17, 15) is 19.2 Å². The lowest BCUT2D eigenvalue weighted by Crippen LogP contribution is -2.57. The van der Waals surface area contributed by atoms with Crippen LogP contribution in [0.1, 0.15) is 91.4 Å². The predicted molar refractivity (Wildman–Crippen MR) is 204 cm³/mol. The lowest BCUT2D eigenvalue weighted by Gasteiger charge is -2.30. The third-order valence-corrected chi connectivity index (χ3v) is 11.6. The second-order valence-electron chi connectivity index (χ2n) is 15.2. The summed E-state index contributed by atoms with van der Waals surface area (Å²) in [5, 5.41) is 15.1. The second kappa shape index (κ2) is 15.8. The summed E-state index contributed by atoms with van der Waals surface area (Å²) in [7, 11) is 0. The summed E-state index contributed by atoms with van der Waals surface area (Å²) in [4.78, 5) is 71.1. The molecule has 3 fully saturated rings. The molecular formula is C39H50N8O5S. The van der Waals surface area contributed by atoms with Crippen molar-refractivity contribution in [2.45, 2.75) is 127 Å². The molecule has 4 amide bonds.